The van der Waals surface area contributed by atoms with Crippen molar-refractivity contribution in [2.24, 2.45) is 0 Å². The third-order valence-electron chi connectivity index (χ3n) is 3.37. The molecule has 0 aliphatic rings. The second-order valence-electron chi connectivity index (χ2n) is 5.31. The lowest BCUT2D eigenvalue weighted by molar-refractivity contribution is -0.385. The summed E-state index contributed by atoms with van der Waals surface area (Å²) in [4.78, 5) is 34.1. The fraction of sp³-hybridized carbons (Fsp3) is 0.111. The number of hydrogen-bond donors (Lipinski definition) is 3. The molecule has 0 aliphatic heterocycles. The van der Waals surface area contributed by atoms with Crippen LogP contribution in [0.5, 0.6) is 0 Å². The highest BCUT2D eigenvalue weighted by Crippen LogP contribution is 2.19. The Morgan fingerprint density at radius 2 is 1.65 bits per heavy atom. The minimum absolute atomic E-state index is 0.0901. The van der Waals surface area contributed by atoms with E-state index in [9.17, 15) is 19.7 Å². The van der Waals surface area contributed by atoms with E-state index in [-0.39, 0.29) is 24.0 Å². The smallest absolute Gasteiger partial charge is 0.319 e. The highest BCUT2D eigenvalue weighted by molar-refractivity contribution is 5.93. The van der Waals surface area contributed by atoms with Crippen molar-refractivity contribution in [3.8, 4) is 0 Å². The van der Waals surface area contributed by atoms with Gasteiger partial charge in [0, 0.05) is 29.5 Å². The number of nitro groups is 1. The maximum atomic E-state index is 12.1. The highest BCUT2D eigenvalue weighted by Gasteiger charge is 2.15. The van der Waals surface area contributed by atoms with Gasteiger partial charge in [-0.15, -0.1) is 6.58 Å². The molecule has 0 unspecified atom stereocenters. The van der Waals surface area contributed by atoms with Crippen molar-refractivity contribution in [2.75, 3.05) is 17.2 Å². The van der Waals surface area contributed by atoms with Crippen molar-refractivity contribution < 1.29 is 14.5 Å². The number of urea groups is 1. The standard InChI is InChI=1S/C18H18N4O4/c1-2-11-19-18(24)21-15-9-7-14(8-10-15)20-17(23)12-13-5-3-4-6-16(13)22(25)26/h2-10H,1,11-12H2,(H,20,23)(H2,19,21,24). The van der Waals surface area contributed by atoms with Gasteiger partial charge in [0.15, 0.2) is 0 Å². The lowest BCUT2D eigenvalue weighted by Crippen LogP contribution is -2.28. The predicted molar refractivity (Wildman–Crippen MR) is 99.1 cm³/mol. The number of amides is 3. The van der Waals surface area contributed by atoms with Gasteiger partial charge in [0.05, 0.1) is 11.3 Å². The van der Waals surface area contributed by atoms with Gasteiger partial charge in [-0.25, -0.2) is 4.79 Å². The van der Waals surface area contributed by atoms with E-state index in [0.29, 0.717) is 23.5 Å². The number of hydrogen-bond acceptors (Lipinski definition) is 4. The lowest BCUT2D eigenvalue weighted by atomic mass is 10.1. The molecule has 0 saturated heterocycles. The molecule has 8 heteroatoms. The van der Waals surface area contributed by atoms with Gasteiger partial charge in [0.1, 0.15) is 0 Å². The van der Waals surface area contributed by atoms with Crippen LogP contribution >= 0.6 is 0 Å². The maximum absolute atomic E-state index is 12.1. The third kappa shape index (κ3) is 5.45. The Labute approximate surface area is 150 Å². The molecule has 0 bridgehead atoms. The van der Waals surface area contributed by atoms with E-state index in [2.05, 4.69) is 22.5 Å². The van der Waals surface area contributed by atoms with Gasteiger partial charge >= 0.3 is 6.03 Å². The third-order valence-corrected chi connectivity index (χ3v) is 3.37. The summed E-state index contributed by atoms with van der Waals surface area (Å²) in [7, 11) is 0. The van der Waals surface area contributed by atoms with Crippen LogP contribution in [0.2, 0.25) is 0 Å². The summed E-state index contributed by atoms with van der Waals surface area (Å²) in [5.74, 6) is -0.372. The Morgan fingerprint density at radius 1 is 1.04 bits per heavy atom. The number of rotatable bonds is 7. The number of carbonyl (C=O) groups is 2. The molecule has 26 heavy (non-hydrogen) atoms. The van der Waals surface area contributed by atoms with Gasteiger partial charge in [0.2, 0.25) is 5.91 Å². The Balaban J connectivity index is 1.94. The van der Waals surface area contributed by atoms with Gasteiger partial charge in [0.25, 0.3) is 5.69 Å². The molecular formula is C18H18N4O4. The summed E-state index contributed by atoms with van der Waals surface area (Å²) < 4.78 is 0. The number of nitrogens with one attached hydrogen (secondary N) is 3. The molecule has 2 aromatic rings. The predicted octanol–water partition coefficient (Wildman–Crippen LogP) is 3.08. The molecule has 134 valence electrons. The van der Waals surface area contributed by atoms with Crippen molar-refractivity contribution in [3.05, 3.63) is 76.9 Å². The lowest BCUT2D eigenvalue weighted by Gasteiger charge is -2.08. The summed E-state index contributed by atoms with van der Waals surface area (Å²) in [6, 6.07) is 12.3. The number of para-hydroxylation sites is 1. The van der Waals surface area contributed by atoms with Crippen LogP contribution in [0.3, 0.4) is 0 Å². The Kier molecular flexibility index (Phi) is 6.44. The number of anilines is 2. The van der Waals surface area contributed by atoms with Crippen LogP contribution < -0.4 is 16.0 Å². The molecular weight excluding hydrogens is 336 g/mol. The first-order chi connectivity index (χ1) is 12.5. The van der Waals surface area contributed by atoms with Crippen molar-refractivity contribution in [2.45, 2.75) is 6.42 Å². The first kappa shape index (κ1) is 18.7. The van der Waals surface area contributed by atoms with Gasteiger partial charge in [-0.2, -0.15) is 0 Å². The number of benzene rings is 2. The molecule has 0 heterocycles. The molecule has 0 atom stereocenters. The zero-order valence-electron chi connectivity index (χ0n) is 13.9. The second-order valence-corrected chi connectivity index (χ2v) is 5.31. The topological polar surface area (TPSA) is 113 Å². The SMILES string of the molecule is C=CCNC(=O)Nc1ccc(NC(=O)Cc2ccccc2[N+](=O)[O-])cc1. The van der Waals surface area contributed by atoms with Crippen molar-refractivity contribution in [1.29, 1.82) is 0 Å². The van der Waals surface area contributed by atoms with Gasteiger partial charge < -0.3 is 16.0 Å². The van der Waals surface area contributed by atoms with E-state index in [1.807, 2.05) is 0 Å². The molecule has 0 fully saturated rings. The fourth-order valence-corrected chi connectivity index (χ4v) is 2.19. The maximum Gasteiger partial charge on any atom is 0.319 e. The van der Waals surface area contributed by atoms with Crippen molar-refractivity contribution >= 4 is 29.0 Å². The van der Waals surface area contributed by atoms with E-state index in [1.165, 1.54) is 6.07 Å². The average Bonchev–Trinajstić information content (AvgIpc) is 2.62. The van der Waals surface area contributed by atoms with Crippen LogP contribution in [-0.4, -0.2) is 23.4 Å². The van der Waals surface area contributed by atoms with Crippen LogP contribution in [0.15, 0.2) is 61.2 Å². The molecule has 0 aliphatic carbocycles. The normalized spacial score (nSPS) is 9.85. The fourth-order valence-electron chi connectivity index (χ4n) is 2.19. The Hall–Kier alpha value is -3.68. The molecule has 0 radical (unpaired) electrons. The number of carbonyl (C=O) groups excluding carboxylic acids is 2. The zero-order valence-corrected chi connectivity index (χ0v) is 13.9. The number of nitro benzene ring substituents is 1. The largest absolute Gasteiger partial charge is 0.334 e. The molecule has 3 amide bonds. The van der Waals surface area contributed by atoms with Crippen LogP contribution in [0.4, 0.5) is 21.9 Å². The van der Waals surface area contributed by atoms with Gasteiger partial charge in [-0.3, -0.25) is 14.9 Å². The zero-order chi connectivity index (χ0) is 18.9. The van der Waals surface area contributed by atoms with Gasteiger partial charge in [-0.05, 0) is 24.3 Å². The first-order valence-electron chi connectivity index (χ1n) is 7.77. The first-order valence-corrected chi connectivity index (χ1v) is 7.77. The van der Waals surface area contributed by atoms with E-state index in [0.717, 1.165) is 0 Å². The van der Waals surface area contributed by atoms with Gasteiger partial charge in [-0.1, -0.05) is 24.3 Å². The summed E-state index contributed by atoms with van der Waals surface area (Å²) >= 11 is 0. The van der Waals surface area contributed by atoms with E-state index in [4.69, 9.17) is 0 Å². The molecule has 3 N–H and O–H groups in total. The van der Waals surface area contributed by atoms with Crippen LogP contribution in [0.1, 0.15) is 5.56 Å². The van der Waals surface area contributed by atoms with E-state index in [1.54, 1.807) is 48.5 Å². The molecule has 2 rings (SSSR count). The summed E-state index contributed by atoms with van der Waals surface area (Å²) in [6.45, 7) is 3.86. The highest BCUT2D eigenvalue weighted by atomic mass is 16.6. The van der Waals surface area contributed by atoms with E-state index >= 15 is 0 Å². The molecule has 0 aromatic heterocycles. The minimum Gasteiger partial charge on any atom is -0.334 e. The minimum atomic E-state index is -0.513. The Morgan fingerprint density at radius 3 is 2.27 bits per heavy atom. The Bertz CT molecular complexity index is 818. The molecule has 0 spiro atoms. The monoisotopic (exact) mass is 354 g/mol. The molecule has 8 nitrogen and oxygen atoms in total. The second kappa shape index (κ2) is 8.97. The summed E-state index contributed by atoms with van der Waals surface area (Å²) in [5.41, 5.74) is 1.33. The van der Waals surface area contributed by atoms with E-state index < -0.39 is 4.92 Å². The molecule has 0 saturated carbocycles. The van der Waals surface area contributed by atoms with Crippen LogP contribution in [-0.2, 0) is 11.2 Å². The molecule has 2 aromatic carbocycles. The number of nitrogens with zero attached hydrogens (tertiary/aromatic N) is 1. The summed E-state index contributed by atoms with van der Waals surface area (Å²) in [5, 5.41) is 18.9. The van der Waals surface area contributed by atoms with Crippen LogP contribution in [0, 0.1) is 10.1 Å². The quantitative estimate of drug-likeness (QED) is 0.403. The summed E-state index contributed by atoms with van der Waals surface area (Å²) in [6.07, 6.45) is 1.45. The van der Waals surface area contributed by atoms with Crippen molar-refractivity contribution in [1.82, 2.24) is 5.32 Å². The van der Waals surface area contributed by atoms with Crippen LogP contribution in [0.25, 0.3) is 0 Å². The average molecular weight is 354 g/mol. The van der Waals surface area contributed by atoms with Crippen molar-refractivity contribution in [3.63, 3.8) is 0 Å².